The third-order valence-corrected chi connectivity index (χ3v) is 13.7. The van der Waals surface area contributed by atoms with Gasteiger partial charge in [-0.2, -0.15) is 0 Å². The fourth-order valence-electron chi connectivity index (χ4n) is 8.95. The Labute approximate surface area is 434 Å². The van der Waals surface area contributed by atoms with E-state index in [-0.39, 0.29) is 26.1 Å². The van der Waals surface area contributed by atoms with Crippen molar-refractivity contribution in [1.29, 1.82) is 0 Å². The number of aliphatic hydroxyl groups excluding tert-OH is 7. The lowest BCUT2D eigenvalue weighted by Gasteiger charge is -2.42. The molecule has 11 atom stereocenters. The van der Waals surface area contributed by atoms with Crippen molar-refractivity contribution in [3.8, 4) is 0 Å². The highest BCUT2D eigenvalue weighted by molar-refractivity contribution is 5.70. The Bertz CT molecular complexity index is 1400. The van der Waals surface area contributed by atoms with Gasteiger partial charge < -0.3 is 64.2 Å². The lowest BCUT2D eigenvalue weighted by atomic mass is 9.98. The van der Waals surface area contributed by atoms with E-state index in [1.807, 2.05) is 0 Å². The van der Waals surface area contributed by atoms with Crippen molar-refractivity contribution in [2.24, 2.45) is 0 Å². The number of carbonyl (C=O) groups is 2. The first-order valence-corrected chi connectivity index (χ1v) is 28.7. The summed E-state index contributed by atoms with van der Waals surface area (Å²) in [6.45, 7) is 2.58. The van der Waals surface area contributed by atoms with Crippen molar-refractivity contribution in [2.45, 2.75) is 293 Å². The van der Waals surface area contributed by atoms with Crippen LogP contribution >= 0.6 is 0 Å². The largest absolute Gasteiger partial charge is 0.462 e. The van der Waals surface area contributed by atoms with Crippen molar-refractivity contribution in [2.75, 3.05) is 26.4 Å². The van der Waals surface area contributed by atoms with Crippen LogP contribution < -0.4 is 0 Å². The number of esters is 2. The van der Waals surface area contributed by atoms with Gasteiger partial charge >= 0.3 is 11.9 Å². The van der Waals surface area contributed by atoms with Gasteiger partial charge in [0, 0.05) is 12.8 Å². The minimum atomic E-state index is -1.77. The molecule has 0 bridgehead atoms. The Hall–Kier alpha value is -2.24. The first-order chi connectivity index (χ1) is 35.0. The number of allylic oxidation sites excluding steroid dienone is 3. The molecule has 2 rings (SSSR count). The Morgan fingerprint density at radius 2 is 0.875 bits per heavy atom. The molecule has 2 heterocycles. The van der Waals surface area contributed by atoms with Crippen molar-refractivity contribution in [3.63, 3.8) is 0 Å². The summed E-state index contributed by atoms with van der Waals surface area (Å²) in [4.78, 5) is 25.8. The molecule has 15 nitrogen and oxygen atoms in total. The number of carbonyl (C=O) groups excluding carboxylic acids is 2. The van der Waals surface area contributed by atoms with Crippen LogP contribution in [0.5, 0.6) is 0 Å². The fraction of sp³-hybridized carbons (Fsp3) is 0.877. The maximum atomic E-state index is 13.1. The van der Waals surface area contributed by atoms with Gasteiger partial charge in [-0.3, -0.25) is 9.59 Å². The van der Waals surface area contributed by atoms with Crippen molar-refractivity contribution >= 4 is 11.9 Å². The molecule has 4 unspecified atom stereocenters. The van der Waals surface area contributed by atoms with Crippen LogP contribution in [0.3, 0.4) is 0 Å². The number of hydrogen-bond acceptors (Lipinski definition) is 15. The van der Waals surface area contributed by atoms with Gasteiger partial charge in [0.2, 0.25) is 0 Å². The van der Waals surface area contributed by atoms with Gasteiger partial charge in [-0.15, -0.1) is 5.73 Å². The molecule has 15 heteroatoms. The average Bonchev–Trinajstić information content (AvgIpc) is 3.37. The van der Waals surface area contributed by atoms with E-state index in [0.717, 1.165) is 57.8 Å². The Kier molecular flexibility index (Phi) is 40.2. The maximum Gasteiger partial charge on any atom is 0.306 e. The molecule has 0 aromatic carbocycles. The van der Waals surface area contributed by atoms with E-state index < -0.39 is 92.7 Å². The van der Waals surface area contributed by atoms with E-state index in [4.69, 9.17) is 28.4 Å². The van der Waals surface area contributed by atoms with E-state index in [0.29, 0.717) is 12.8 Å². The first-order valence-electron chi connectivity index (χ1n) is 28.7. The van der Waals surface area contributed by atoms with Gasteiger partial charge in [-0.1, -0.05) is 161 Å². The van der Waals surface area contributed by atoms with Crippen molar-refractivity contribution in [1.82, 2.24) is 0 Å². The molecular weight excluding hydrogens is 925 g/mol. The lowest BCUT2D eigenvalue weighted by molar-refractivity contribution is -0.332. The van der Waals surface area contributed by atoms with E-state index in [9.17, 15) is 45.3 Å². The highest BCUT2D eigenvalue weighted by Crippen LogP contribution is 2.27. The van der Waals surface area contributed by atoms with Crippen molar-refractivity contribution in [3.05, 3.63) is 30.0 Å². The SMILES string of the molecule is CCCCCCCC=C=CCCCCCCCC(=O)OC[C@H](CO[C@H]1O[C@@H](CO[C@H]2O[C@@H](CO)[C@@H](O)C(O)C2O)[C@@H](O)C(O)C1O)OC(=O)CCCCCCCCCCCCC/C=C/CCCCCCCC. The molecule has 2 aliphatic rings. The summed E-state index contributed by atoms with van der Waals surface area (Å²) in [5, 5.41) is 72.2. The van der Waals surface area contributed by atoms with Gasteiger partial charge in [0.15, 0.2) is 18.7 Å². The fourth-order valence-corrected chi connectivity index (χ4v) is 8.95. The summed E-state index contributed by atoms with van der Waals surface area (Å²) < 4.78 is 33.7. The molecule has 2 fully saturated rings. The molecule has 2 aliphatic heterocycles. The number of hydrogen-bond donors (Lipinski definition) is 7. The molecule has 2 saturated heterocycles. The minimum Gasteiger partial charge on any atom is -0.462 e. The summed E-state index contributed by atoms with van der Waals surface area (Å²) in [7, 11) is 0. The smallest absolute Gasteiger partial charge is 0.306 e. The quantitative estimate of drug-likeness (QED) is 0.0130. The third kappa shape index (κ3) is 31.0. The second-order valence-electron chi connectivity index (χ2n) is 20.2. The number of aliphatic hydroxyl groups is 7. The minimum absolute atomic E-state index is 0.161. The van der Waals surface area contributed by atoms with Crippen molar-refractivity contribution < 1.29 is 73.8 Å². The van der Waals surface area contributed by atoms with Crippen LogP contribution in [0, 0.1) is 0 Å². The van der Waals surface area contributed by atoms with Gasteiger partial charge in [-0.05, 0) is 76.4 Å². The standard InChI is InChI=1S/C57H102O15/c1-3-5-7-9-11-13-15-17-19-20-21-22-23-24-26-28-30-32-34-36-38-40-49(60)70-45(42-67-48(59)39-37-35-33-31-29-27-25-18-16-14-12-10-8-6-4-2)43-68-56-55(66)53(64)51(62)47(72-56)44-69-57-54(65)52(63)50(61)46(41-58)71-57/h16-17,19,25,45-47,50-58,61-66H,3-15,20-24,26-44H2,1-2H3/b19-17+/t18?,45-,46+,47+,50-,51-,52?,53?,54?,55?,56+,57+/m1/s1. The molecule has 0 saturated carbocycles. The topological polar surface area (TPSA) is 231 Å². The highest BCUT2D eigenvalue weighted by Gasteiger charge is 2.47. The van der Waals surface area contributed by atoms with Gasteiger partial charge in [0.25, 0.3) is 0 Å². The van der Waals surface area contributed by atoms with Crippen LogP contribution in [0.1, 0.15) is 226 Å². The first kappa shape index (κ1) is 65.9. The summed E-state index contributed by atoms with van der Waals surface area (Å²) in [5.74, 6) is -0.939. The number of ether oxygens (including phenoxy) is 6. The summed E-state index contributed by atoms with van der Waals surface area (Å²) in [6, 6.07) is 0. The second kappa shape index (κ2) is 43.9. The van der Waals surface area contributed by atoms with E-state index >= 15 is 0 Å². The van der Waals surface area contributed by atoms with E-state index in [1.165, 1.54) is 128 Å². The zero-order valence-corrected chi connectivity index (χ0v) is 44.7. The Balaban J connectivity index is 1.76. The van der Waals surface area contributed by atoms with E-state index in [2.05, 4.69) is 43.9 Å². The second-order valence-corrected chi connectivity index (χ2v) is 20.2. The lowest BCUT2D eigenvalue weighted by Crippen LogP contribution is -2.61. The van der Waals surface area contributed by atoms with E-state index in [1.54, 1.807) is 0 Å². The maximum absolute atomic E-state index is 13.1. The van der Waals surface area contributed by atoms with Gasteiger partial charge in [0.05, 0.1) is 19.8 Å². The monoisotopic (exact) mass is 1030 g/mol. The van der Waals surface area contributed by atoms with Crippen LogP contribution in [0.2, 0.25) is 0 Å². The van der Waals surface area contributed by atoms with Crippen LogP contribution in [0.15, 0.2) is 30.0 Å². The highest BCUT2D eigenvalue weighted by atomic mass is 16.7. The number of unbranched alkanes of at least 4 members (excludes halogenated alkanes) is 27. The normalized spacial score (nSPS) is 24.8. The van der Waals surface area contributed by atoms with Crippen LogP contribution in [0.25, 0.3) is 0 Å². The average molecular weight is 1030 g/mol. The predicted molar refractivity (Wildman–Crippen MR) is 279 cm³/mol. The molecule has 0 radical (unpaired) electrons. The molecule has 7 N–H and O–H groups in total. The van der Waals surface area contributed by atoms with Gasteiger partial charge in [-0.25, -0.2) is 0 Å². The van der Waals surface area contributed by atoms with Gasteiger partial charge in [0.1, 0.15) is 55.4 Å². The molecule has 0 aliphatic carbocycles. The van der Waals surface area contributed by atoms with Crippen LogP contribution in [-0.4, -0.2) is 142 Å². The molecular formula is C57H102O15. The Morgan fingerprint density at radius 3 is 1.36 bits per heavy atom. The molecule has 0 spiro atoms. The molecule has 420 valence electrons. The molecule has 0 aromatic heterocycles. The Morgan fingerprint density at radius 1 is 0.472 bits per heavy atom. The summed E-state index contributed by atoms with van der Waals surface area (Å²) in [5.41, 5.74) is 3.29. The summed E-state index contributed by atoms with van der Waals surface area (Å²) in [6.07, 6.45) is 28.3. The molecule has 0 amide bonds. The van der Waals surface area contributed by atoms with Crippen LogP contribution in [-0.2, 0) is 38.0 Å². The number of rotatable bonds is 45. The zero-order chi connectivity index (χ0) is 52.4. The predicted octanol–water partition coefficient (Wildman–Crippen LogP) is 9.26. The molecule has 0 aromatic rings. The zero-order valence-electron chi connectivity index (χ0n) is 44.7. The van der Waals surface area contributed by atoms with Crippen LogP contribution in [0.4, 0.5) is 0 Å². The summed E-state index contributed by atoms with van der Waals surface area (Å²) >= 11 is 0. The molecule has 72 heavy (non-hydrogen) atoms. The third-order valence-electron chi connectivity index (χ3n) is 13.7.